The van der Waals surface area contributed by atoms with E-state index in [9.17, 15) is 4.79 Å². The van der Waals surface area contributed by atoms with Crippen molar-refractivity contribution in [1.29, 1.82) is 0 Å². The van der Waals surface area contributed by atoms with Gasteiger partial charge in [0, 0.05) is 25.7 Å². The summed E-state index contributed by atoms with van der Waals surface area (Å²) < 4.78 is 0. The monoisotopic (exact) mass is 417 g/mol. The van der Waals surface area contributed by atoms with Gasteiger partial charge in [-0.1, -0.05) is 30.2 Å². The van der Waals surface area contributed by atoms with Crippen molar-refractivity contribution >= 4 is 17.5 Å². The normalized spacial score (nSPS) is 25.1. The Morgan fingerprint density at radius 2 is 2.14 bits per heavy atom. The highest BCUT2D eigenvalue weighted by Crippen LogP contribution is 2.35. The molecule has 1 aliphatic heterocycles. The molecule has 0 bridgehead atoms. The number of hydrogen-bond acceptors (Lipinski definition) is 3. The number of benzene rings is 1. The Morgan fingerprint density at radius 1 is 1.31 bits per heavy atom. The molecule has 0 aromatic heterocycles. The van der Waals surface area contributed by atoms with Crippen LogP contribution in [0.3, 0.4) is 0 Å². The van der Waals surface area contributed by atoms with Gasteiger partial charge < -0.3 is 11.1 Å². The first-order valence-electron chi connectivity index (χ1n) is 11.2. The SMILES string of the molecule is C=CCC1CCC(CCCNC(=O)c2cc(CN3CCCC(N)C3)ccc2Cl)C1. The van der Waals surface area contributed by atoms with Crippen LogP contribution >= 0.6 is 11.6 Å². The molecule has 2 aliphatic rings. The second-order valence-corrected chi connectivity index (χ2v) is 9.33. The number of carbonyl (C=O) groups excluding carboxylic acids is 1. The Balaban J connectivity index is 1.44. The van der Waals surface area contributed by atoms with E-state index in [2.05, 4.69) is 16.8 Å². The van der Waals surface area contributed by atoms with Gasteiger partial charge in [0.1, 0.15) is 0 Å². The summed E-state index contributed by atoms with van der Waals surface area (Å²) in [6, 6.07) is 6.05. The van der Waals surface area contributed by atoms with Crippen LogP contribution in [0.2, 0.25) is 5.02 Å². The summed E-state index contributed by atoms with van der Waals surface area (Å²) in [5.41, 5.74) is 7.78. The van der Waals surface area contributed by atoms with Crippen molar-refractivity contribution in [3.63, 3.8) is 0 Å². The highest BCUT2D eigenvalue weighted by molar-refractivity contribution is 6.33. The van der Waals surface area contributed by atoms with Crippen molar-refractivity contribution in [2.45, 2.75) is 64.0 Å². The van der Waals surface area contributed by atoms with E-state index in [-0.39, 0.29) is 11.9 Å². The van der Waals surface area contributed by atoms with E-state index in [0.717, 1.165) is 62.7 Å². The number of likely N-dealkylation sites (tertiary alicyclic amines) is 1. The van der Waals surface area contributed by atoms with Gasteiger partial charge in [-0.2, -0.15) is 0 Å². The molecule has 3 rings (SSSR count). The number of nitrogens with zero attached hydrogens (tertiary/aromatic N) is 1. The topological polar surface area (TPSA) is 58.4 Å². The molecule has 3 unspecified atom stereocenters. The lowest BCUT2D eigenvalue weighted by atomic mass is 9.98. The van der Waals surface area contributed by atoms with Gasteiger partial charge in [0.05, 0.1) is 10.6 Å². The highest BCUT2D eigenvalue weighted by Gasteiger charge is 2.23. The molecule has 1 saturated heterocycles. The third-order valence-electron chi connectivity index (χ3n) is 6.45. The summed E-state index contributed by atoms with van der Waals surface area (Å²) in [7, 11) is 0. The number of nitrogens with two attached hydrogens (primary N) is 1. The number of hydrogen-bond donors (Lipinski definition) is 2. The van der Waals surface area contributed by atoms with E-state index in [1.54, 1.807) is 0 Å². The largest absolute Gasteiger partial charge is 0.352 e. The third-order valence-corrected chi connectivity index (χ3v) is 6.78. The summed E-state index contributed by atoms with van der Waals surface area (Å²) in [6.07, 6.45) is 11.6. The van der Waals surface area contributed by atoms with E-state index in [4.69, 9.17) is 17.3 Å². The van der Waals surface area contributed by atoms with Crippen LogP contribution in [-0.2, 0) is 6.54 Å². The number of allylic oxidation sites excluding steroid dienone is 1. The Morgan fingerprint density at radius 3 is 2.93 bits per heavy atom. The lowest BCUT2D eigenvalue weighted by Crippen LogP contribution is -2.42. The van der Waals surface area contributed by atoms with E-state index in [1.807, 2.05) is 24.3 Å². The van der Waals surface area contributed by atoms with Crippen molar-refractivity contribution in [1.82, 2.24) is 10.2 Å². The Hall–Kier alpha value is -1.36. The molecule has 1 aromatic rings. The summed E-state index contributed by atoms with van der Waals surface area (Å²) >= 11 is 6.32. The van der Waals surface area contributed by atoms with Crippen LogP contribution in [0, 0.1) is 11.8 Å². The van der Waals surface area contributed by atoms with E-state index >= 15 is 0 Å². The maximum Gasteiger partial charge on any atom is 0.252 e. The first-order chi connectivity index (χ1) is 14.0. The molecule has 1 saturated carbocycles. The van der Waals surface area contributed by atoms with Crippen LogP contribution in [0.25, 0.3) is 0 Å². The molecule has 1 amide bonds. The smallest absolute Gasteiger partial charge is 0.252 e. The second-order valence-electron chi connectivity index (χ2n) is 8.92. The van der Waals surface area contributed by atoms with Gasteiger partial charge >= 0.3 is 0 Å². The lowest BCUT2D eigenvalue weighted by molar-refractivity contribution is 0.0952. The average Bonchev–Trinajstić information content (AvgIpc) is 3.14. The third kappa shape index (κ3) is 6.84. The minimum atomic E-state index is -0.0665. The van der Waals surface area contributed by atoms with Crippen LogP contribution in [0.15, 0.2) is 30.9 Å². The maximum absolute atomic E-state index is 12.7. The van der Waals surface area contributed by atoms with Crippen LogP contribution in [0.4, 0.5) is 0 Å². The maximum atomic E-state index is 12.7. The van der Waals surface area contributed by atoms with Gasteiger partial charge in [-0.3, -0.25) is 9.69 Å². The Labute approximate surface area is 180 Å². The molecular formula is C24H36ClN3O. The average molecular weight is 418 g/mol. The van der Waals surface area contributed by atoms with Crippen molar-refractivity contribution < 1.29 is 4.79 Å². The Kier molecular flexibility index (Phi) is 8.58. The molecule has 160 valence electrons. The van der Waals surface area contributed by atoms with Gasteiger partial charge in [0.25, 0.3) is 5.91 Å². The standard InChI is InChI=1S/C24H36ClN3O/c1-2-5-18-8-9-19(14-18)6-3-12-27-24(29)22-15-20(10-11-23(22)25)16-28-13-4-7-21(26)17-28/h2,10-11,15,18-19,21H,1,3-9,12-14,16-17,26H2,(H,27,29). The molecule has 3 atom stereocenters. The minimum absolute atomic E-state index is 0.0665. The van der Waals surface area contributed by atoms with Crippen LogP contribution in [0.5, 0.6) is 0 Å². The lowest BCUT2D eigenvalue weighted by Gasteiger charge is -2.30. The Bertz CT molecular complexity index is 693. The second kappa shape index (κ2) is 11.1. The van der Waals surface area contributed by atoms with Crippen LogP contribution in [-0.4, -0.2) is 36.5 Å². The number of carbonyl (C=O) groups is 1. The molecule has 1 aromatic carbocycles. The fraction of sp³-hybridized carbons (Fsp3) is 0.625. The van der Waals surface area contributed by atoms with E-state index in [0.29, 0.717) is 17.1 Å². The molecular weight excluding hydrogens is 382 g/mol. The van der Waals surface area contributed by atoms with Crippen LogP contribution in [0.1, 0.15) is 67.3 Å². The van der Waals surface area contributed by atoms with E-state index in [1.165, 1.54) is 25.7 Å². The van der Waals surface area contributed by atoms with Crippen molar-refractivity contribution in [2.75, 3.05) is 19.6 Å². The van der Waals surface area contributed by atoms with Gasteiger partial charge in [-0.25, -0.2) is 0 Å². The zero-order valence-electron chi connectivity index (χ0n) is 17.5. The quantitative estimate of drug-likeness (QED) is 0.449. The zero-order chi connectivity index (χ0) is 20.6. The number of nitrogens with one attached hydrogen (secondary N) is 1. The fourth-order valence-corrected chi connectivity index (χ4v) is 5.12. The van der Waals surface area contributed by atoms with Crippen molar-refractivity contribution in [3.05, 3.63) is 47.0 Å². The fourth-order valence-electron chi connectivity index (χ4n) is 4.92. The molecule has 5 heteroatoms. The molecule has 2 fully saturated rings. The zero-order valence-corrected chi connectivity index (χ0v) is 18.3. The number of amides is 1. The van der Waals surface area contributed by atoms with Crippen molar-refractivity contribution in [3.8, 4) is 0 Å². The van der Waals surface area contributed by atoms with Crippen molar-refractivity contribution in [2.24, 2.45) is 17.6 Å². The minimum Gasteiger partial charge on any atom is -0.352 e. The predicted octanol–water partition coefficient (Wildman–Crippen LogP) is 4.77. The molecule has 1 heterocycles. The van der Waals surface area contributed by atoms with Crippen LogP contribution < -0.4 is 11.1 Å². The number of rotatable bonds is 9. The molecule has 29 heavy (non-hydrogen) atoms. The molecule has 0 radical (unpaired) electrons. The number of halogens is 1. The first kappa shape index (κ1) is 22.3. The molecule has 1 aliphatic carbocycles. The molecule has 4 nitrogen and oxygen atoms in total. The first-order valence-corrected chi connectivity index (χ1v) is 11.6. The summed E-state index contributed by atoms with van der Waals surface area (Å²) in [6.45, 7) is 7.36. The summed E-state index contributed by atoms with van der Waals surface area (Å²) in [4.78, 5) is 15.0. The number of piperidine rings is 1. The van der Waals surface area contributed by atoms with Gasteiger partial charge in [-0.05, 0) is 81.0 Å². The summed E-state index contributed by atoms with van der Waals surface area (Å²) in [5.74, 6) is 1.56. The molecule has 3 N–H and O–H groups in total. The highest BCUT2D eigenvalue weighted by atomic mass is 35.5. The van der Waals surface area contributed by atoms with Gasteiger partial charge in [0.2, 0.25) is 0 Å². The predicted molar refractivity (Wildman–Crippen MR) is 121 cm³/mol. The van der Waals surface area contributed by atoms with Gasteiger partial charge in [-0.15, -0.1) is 6.58 Å². The van der Waals surface area contributed by atoms with E-state index < -0.39 is 0 Å². The van der Waals surface area contributed by atoms with Gasteiger partial charge in [0.15, 0.2) is 0 Å². The summed E-state index contributed by atoms with van der Waals surface area (Å²) in [5, 5.41) is 3.58. The molecule has 0 spiro atoms.